The maximum atomic E-state index is 12.6. The molecule has 188 valence electrons. The van der Waals surface area contributed by atoms with Crippen LogP contribution in [-0.2, 0) is 14.3 Å². The summed E-state index contributed by atoms with van der Waals surface area (Å²) in [5.74, 6) is -0.360. The highest BCUT2D eigenvalue weighted by Gasteiger charge is 2.39. The Morgan fingerprint density at radius 2 is 1.22 bits per heavy atom. The Morgan fingerprint density at radius 1 is 0.750 bits per heavy atom. The second-order valence-corrected chi connectivity index (χ2v) is 9.67. The third-order valence-corrected chi connectivity index (χ3v) is 6.61. The highest BCUT2D eigenvalue weighted by molar-refractivity contribution is 5.85. The molecule has 1 heterocycles. The fourth-order valence-corrected chi connectivity index (χ4v) is 4.55. The van der Waals surface area contributed by atoms with E-state index >= 15 is 0 Å². The summed E-state index contributed by atoms with van der Waals surface area (Å²) in [6.07, 6.45) is 20.7. The predicted octanol–water partition coefficient (Wildman–Crippen LogP) is 6.55. The van der Waals surface area contributed by atoms with Crippen LogP contribution in [0.3, 0.4) is 0 Å². The summed E-state index contributed by atoms with van der Waals surface area (Å²) in [4.78, 5) is 26.7. The molecule has 0 aromatic rings. The molecule has 32 heavy (non-hydrogen) atoms. The van der Waals surface area contributed by atoms with E-state index in [0.29, 0.717) is 19.4 Å². The lowest BCUT2D eigenvalue weighted by Gasteiger charge is -2.23. The number of carbonyl (C=O) groups excluding carboxylic acids is 2. The molecule has 0 saturated carbocycles. The lowest BCUT2D eigenvalue weighted by Crippen LogP contribution is -2.41. The van der Waals surface area contributed by atoms with Crippen molar-refractivity contribution in [2.75, 3.05) is 13.2 Å². The SMILES string of the molecule is CCCCCCCCCCCCOC(=O)[C@@H]1C[C@@H](O)CN1C(=O)CCCCCCCCC. The molecule has 1 aliphatic heterocycles. The maximum absolute atomic E-state index is 12.6. The van der Waals surface area contributed by atoms with Gasteiger partial charge in [0.05, 0.1) is 12.7 Å². The van der Waals surface area contributed by atoms with Crippen LogP contribution in [0.25, 0.3) is 0 Å². The van der Waals surface area contributed by atoms with Gasteiger partial charge in [-0.05, 0) is 12.8 Å². The summed E-state index contributed by atoms with van der Waals surface area (Å²) in [6, 6.07) is -0.606. The third kappa shape index (κ3) is 13.4. The molecule has 0 radical (unpaired) electrons. The summed E-state index contributed by atoms with van der Waals surface area (Å²) in [5, 5.41) is 10.0. The van der Waals surface area contributed by atoms with Crippen molar-refractivity contribution in [2.24, 2.45) is 0 Å². The largest absolute Gasteiger partial charge is 0.464 e. The first kappa shape index (κ1) is 28.9. The number of nitrogens with zero attached hydrogens (tertiary/aromatic N) is 1. The molecule has 1 aliphatic rings. The maximum Gasteiger partial charge on any atom is 0.328 e. The molecule has 5 heteroatoms. The molecule has 1 saturated heterocycles. The van der Waals surface area contributed by atoms with E-state index in [1.165, 1.54) is 83.5 Å². The van der Waals surface area contributed by atoms with Gasteiger partial charge in [0, 0.05) is 19.4 Å². The monoisotopic (exact) mass is 453 g/mol. The van der Waals surface area contributed by atoms with Gasteiger partial charge in [0.1, 0.15) is 6.04 Å². The first-order valence-corrected chi connectivity index (χ1v) is 13.7. The van der Waals surface area contributed by atoms with E-state index in [1.807, 2.05) is 0 Å². The molecular formula is C27H51NO4. The predicted molar refractivity (Wildman–Crippen MR) is 132 cm³/mol. The molecule has 0 aromatic heterocycles. The number of unbranched alkanes of at least 4 members (excludes halogenated alkanes) is 15. The first-order valence-electron chi connectivity index (χ1n) is 13.7. The standard InChI is InChI=1S/C27H51NO4/c1-3-5-7-9-11-12-13-15-17-19-21-32-27(31)25-22-24(29)23-28(25)26(30)20-18-16-14-10-8-6-4-2/h24-25,29H,3-23H2,1-2H3/t24-,25+/m1/s1. The number of β-amino-alcohol motifs (C(OH)–C–C–N with tert-alkyl or cyclic N) is 1. The first-order chi connectivity index (χ1) is 15.6. The zero-order valence-corrected chi connectivity index (χ0v) is 21.1. The lowest BCUT2D eigenvalue weighted by molar-refractivity contribution is -0.153. The smallest absolute Gasteiger partial charge is 0.328 e. The molecule has 1 fully saturated rings. The highest BCUT2D eigenvalue weighted by atomic mass is 16.5. The number of likely N-dealkylation sites (tertiary alicyclic amines) is 1. The Bertz CT molecular complexity index is 482. The molecule has 1 N–H and O–H groups in total. The van der Waals surface area contributed by atoms with Crippen LogP contribution in [0, 0.1) is 0 Å². The van der Waals surface area contributed by atoms with Crippen LogP contribution in [-0.4, -0.2) is 47.2 Å². The number of amides is 1. The minimum atomic E-state index is -0.622. The summed E-state index contributed by atoms with van der Waals surface area (Å²) in [5.41, 5.74) is 0. The minimum Gasteiger partial charge on any atom is -0.464 e. The number of hydrogen-bond acceptors (Lipinski definition) is 4. The minimum absolute atomic E-state index is 0.0176. The number of esters is 1. The number of aliphatic hydroxyl groups excluding tert-OH is 1. The fraction of sp³-hybridized carbons (Fsp3) is 0.926. The van der Waals surface area contributed by atoms with Gasteiger partial charge in [-0.2, -0.15) is 0 Å². The molecule has 0 aliphatic carbocycles. The summed E-state index contributed by atoms with van der Waals surface area (Å²) >= 11 is 0. The summed E-state index contributed by atoms with van der Waals surface area (Å²) < 4.78 is 5.46. The van der Waals surface area contributed by atoms with Crippen LogP contribution in [0.2, 0.25) is 0 Å². The number of rotatable bonds is 20. The molecule has 2 atom stereocenters. The van der Waals surface area contributed by atoms with Gasteiger partial charge < -0.3 is 14.7 Å². The van der Waals surface area contributed by atoms with E-state index in [2.05, 4.69) is 13.8 Å². The van der Waals surface area contributed by atoms with E-state index in [4.69, 9.17) is 4.74 Å². The van der Waals surface area contributed by atoms with Crippen LogP contribution in [0.15, 0.2) is 0 Å². The van der Waals surface area contributed by atoms with Gasteiger partial charge in [-0.15, -0.1) is 0 Å². The van der Waals surface area contributed by atoms with Crippen molar-refractivity contribution in [1.82, 2.24) is 4.90 Å². The van der Waals surface area contributed by atoms with Crippen molar-refractivity contribution in [2.45, 2.75) is 148 Å². The topological polar surface area (TPSA) is 66.8 Å². The lowest BCUT2D eigenvalue weighted by atomic mass is 10.1. The average molecular weight is 454 g/mol. The average Bonchev–Trinajstić information content (AvgIpc) is 3.18. The van der Waals surface area contributed by atoms with Gasteiger partial charge in [0.25, 0.3) is 0 Å². The van der Waals surface area contributed by atoms with Crippen molar-refractivity contribution >= 4 is 11.9 Å². The molecule has 0 unspecified atom stereocenters. The Kier molecular flexibility index (Phi) is 17.5. The molecule has 5 nitrogen and oxygen atoms in total. The molecule has 0 spiro atoms. The van der Waals surface area contributed by atoms with Crippen LogP contribution in [0.4, 0.5) is 0 Å². The van der Waals surface area contributed by atoms with Gasteiger partial charge in [-0.25, -0.2) is 4.79 Å². The van der Waals surface area contributed by atoms with Gasteiger partial charge in [0.2, 0.25) is 5.91 Å². The Morgan fingerprint density at radius 3 is 1.75 bits per heavy atom. The Hall–Kier alpha value is -1.10. The van der Waals surface area contributed by atoms with Crippen LogP contribution < -0.4 is 0 Å². The van der Waals surface area contributed by atoms with E-state index < -0.39 is 12.1 Å². The van der Waals surface area contributed by atoms with Crippen molar-refractivity contribution in [3.63, 3.8) is 0 Å². The quantitative estimate of drug-likeness (QED) is 0.168. The molecule has 1 amide bonds. The molecule has 0 aromatic carbocycles. The zero-order chi connectivity index (χ0) is 23.4. The number of carbonyl (C=O) groups is 2. The molecular weight excluding hydrogens is 402 g/mol. The van der Waals surface area contributed by atoms with E-state index in [1.54, 1.807) is 4.90 Å². The van der Waals surface area contributed by atoms with Crippen LogP contribution in [0.5, 0.6) is 0 Å². The number of hydrogen-bond donors (Lipinski definition) is 1. The Labute approximate surface area is 197 Å². The van der Waals surface area contributed by atoms with Gasteiger partial charge in [-0.3, -0.25) is 4.79 Å². The van der Waals surface area contributed by atoms with Crippen molar-refractivity contribution in [3.05, 3.63) is 0 Å². The van der Waals surface area contributed by atoms with Crippen LogP contribution >= 0.6 is 0 Å². The van der Waals surface area contributed by atoms with Crippen molar-refractivity contribution in [3.8, 4) is 0 Å². The van der Waals surface area contributed by atoms with E-state index in [0.717, 1.165) is 25.7 Å². The third-order valence-electron chi connectivity index (χ3n) is 6.61. The fourth-order valence-electron chi connectivity index (χ4n) is 4.55. The van der Waals surface area contributed by atoms with Crippen molar-refractivity contribution in [1.29, 1.82) is 0 Å². The van der Waals surface area contributed by atoms with Crippen molar-refractivity contribution < 1.29 is 19.4 Å². The molecule has 0 bridgehead atoms. The van der Waals surface area contributed by atoms with E-state index in [9.17, 15) is 14.7 Å². The van der Waals surface area contributed by atoms with Crippen LogP contribution in [0.1, 0.15) is 136 Å². The normalized spacial score (nSPS) is 18.3. The second-order valence-electron chi connectivity index (χ2n) is 9.67. The second kappa shape index (κ2) is 19.4. The van der Waals surface area contributed by atoms with Gasteiger partial charge >= 0.3 is 5.97 Å². The molecule has 1 rings (SSSR count). The van der Waals surface area contributed by atoms with Gasteiger partial charge in [0.15, 0.2) is 0 Å². The number of aliphatic hydroxyl groups is 1. The number of ether oxygens (including phenoxy) is 1. The van der Waals surface area contributed by atoms with Gasteiger partial charge in [-0.1, -0.05) is 110 Å². The summed E-state index contributed by atoms with van der Waals surface area (Å²) in [6.45, 7) is 5.13. The highest BCUT2D eigenvalue weighted by Crippen LogP contribution is 2.21. The summed E-state index contributed by atoms with van der Waals surface area (Å²) in [7, 11) is 0. The van der Waals surface area contributed by atoms with E-state index in [-0.39, 0.29) is 18.4 Å². The zero-order valence-electron chi connectivity index (χ0n) is 21.1. The Balaban J connectivity index is 2.13.